The van der Waals surface area contributed by atoms with Gasteiger partial charge < -0.3 is 4.74 Å². The molecule has 1 aromatic rings. The molecule has 0 aromatic carbocycles. The minimum Gasteiger partial charge on any atom is -0.469 e. The van der Waals surface area contributed by atoms with Gasteiger partial charge in [0.05, 0.1) is 18.7 Å². The standard InChI is InChI=1S/C9H12N2O2/c1-11-5-7-6(9(12)13-2)3-4-8(7)10-11/h5-6H,3-4H2,1-2H3/t6-/m0/s1. The quantitative estimate of drug-likeness (QED) is 0.595. The van der Waals surface area contributed by atoms with Crippen LogP contribution in [0.4, 0.5) is 0 Å². The monoisotopic (exact) mass is 180 g/mol. The van der Waals surface area contributed by atoms with Crippen molar-refractivity contribution in [3.8, 4) is 0 Å². The highest BCUT2D eigenvalue weighted by Crippen LogP contribution is 2.32. The van der Waals surface area contributed by atoms with Crippen molar-refractivity contribution in [2.45, 2.75) is 18.8 Å². The SMILES string of the molecule is COC(=O)[C@H]1CCc2nn(C)cc21. The second-order valence-electron chi connectivity index (χ2n) is 3.32. The zero-order valence-corrected chi connectivity index (χ0v) is 7.78. The van der Waals surface area contributed by atoms with Gasteiger partial charge in [-0.1, -0.05) is 0 Å². The van der Waals surface area contributed by atoms with Gasteiger partial charge in [0, 0.05) is 18.8 Å². The second-order valence-corrected chi connectivity index (χ2v) is 3.32. The maximum absolute atomic E-state index is 11.3. The van der Waals surface area contributed by atoms with Gasteiger partial charge >= 0.3 is 5.97 Å². The number of aryl methyl sites for hydroxylation is 2. The zero-order chi connectivity index (χ0) is 9.42. The van der Waals surface area contributed by atoms with E-state index < -0.39 is 0 Å². The third kappa shape index (κ3) is 1.22. The topological polar surface area (TPSA) is 44.1 Å². The molecule has 0 amide bonds. The van der Waals surface area contributed by atoms with Crippen LogP contribution in [0.15, 0.2) is 6.20 Å². The number of hydrogen-bond acceptors (Lipinski definition) is 3. The lowest BCUT2D eigenvalue weighted by Crippen LogP contribution is -2.11. The van der Waals surface area contributed by atoms with Crippen molar-refractivity contribution in [2.75, 3.05) is 7.11 Å². The minimum atomic E-state index is -0.147. The molecular weight excluding hydrogens is 168 g/mol. The normalized spacial score (nSPS) is 20.0. The highest BCUT2D eigenvalue weighted by Gasteiger charge is 2.31. The number of esters is 1. The molecule has 1 aromatic heterocycles. The van der Waals surface area contributed by atoms with Gasteiger partial charge in [-0.25, -0.2) is 0 Å². The molecule has 70 valence electrons. The van der Waals surface area contributed by atoms with E-state index in [0.29, 0.717) is 0 Å². The van der Waals surface area contributed by atoms with E-state index >= 15 is 0 Å². The van der Waals surface area contributed by atoms with Gasteiger partial charge in [-0.15, -0.1) is 0 Å². The Kier molecular flexibility index (Phi) is 1.83. The first-order valence-corrected chi connectivity index (χ1v) is 4.32. The van der Waals surface area contributed by atoms with E-state index in [-0.39, 0.29) is 11.9 Å². The van der Waals surface area contributed by atoms with Gasteiger partial charge in [0.25, 0.3) is 0 Å². The molecule has 0 saturated carbocycles. The molecule has 0 fully saturated rings. The van der Waals surface area contributed by atoms with Crippen molar-refractivity contribution in [3.05, 3.63) is 17.5 Å². The Bertz CT molecular complexity index is 343. The van der Waals surface area contributed by atoms with Crippen LogP contribution < -0.4 is 0 Å². The van der Waals surface area contributed by atoms with Crippen molar-refractivity contribution in [2.24, 2.45) is 7.05 Å². The van der Waals surface area contributed by atoms with E-state index in [1.165, 1.54) is 7.11 Å². The molecule has 0 aliphatic heterocycles. The lowest BCUT2D eigenvalue weighted by atomic mass is 10.1. The van der Waals surface area contributed by atoms with Crippen molar-refractivity contribution in [1.29, 1.82) is 0 Å². The number of carbonyl (C=O) groups excluding carboxylic acids is 1. The van der Waals surface area contributed by atoms with E-state index in [9.17, 15) is 4.79 Å². The predicted octanol–water partition coefficient (Wildman–Crippen LogP) is 0.623. The summed E-state index contributed by atoms with van der Waals surface area (Å²) in [5, 5.41) is 4.27. The Morgan fingerprint density at radius 2 is 2.54 bits per heavy atom. The first-order valence-electron chi connectivity index (χ1n) is 4.32. The number of ether oxygens (including phenoxy) is 1. The van der Waals surface area contributed by atoms with Crippen LogP contribution in [0, 0.1) is 0 Å². The summed E-state index contributed by atoms with van der Waals surface area (Å²) in [6.07, 6.45) is 3.63. The van der Waals surface area contributed by atoms with Gasteiger partial charge in [-0.3, -0.25) is 9.48 Å². The maximum Gasteiger partial charge on any atom is 0.313 e. The Balaban J connectivity index is 2.32. The summed E-state index contributed by atoms with van der Waals surface area (Å²) in [6, 6.07) is 0. The van der Waals surface area contributed by atoms with Crippen molar-refractivity contribution >= 4 is 5.97 Å². The Morgan fingerprint density at radius 1 is 1.77 bits per heavy atom. The molecule has 1 heterocycles. The Morgan fingerprint density at radius 3 is 3.23 bits per heavy atom. The number of methoxy groups -OCH3 is 1. The van der Waals surface area contributed by atoms with Crippen LogP contribution in [0.1, 0.15) is 23.6 Å². The Labute approximate surface area is 76.5 Å². The molecule has 0 unspecified atom stereocenters. The lowest BCUT2D eigenvalue weighted by molar-refractivity contribution is -0.142. The van der Waals surface area contributed by atoms with Crippen LogP contribution in [0.2, 0.25) is 0 Å². The predicted molar refractivity (Wildman–Crippen MR) is 46.3 cm³/mol. The average Bonchev–Trinajstić information content (AvgIpc) is 2.61. The van der Waals surface area contributed by atoms with E-state index in [2.05, 4.69) is 5.10 Å². The number of aromatic nitrogens is 2. The van der Waals surface area contributed by atoms with E-state index in [1.54, 1.807) is 4.68 Å². The summed E-state index contributed by atoms with van der Waals surface area (Å²) in [6.45, 7) is 0. The molecule has 1 atom stereocenters. The molecule has 4 nitrogen and oxygen atoms in total. The number of hydrogen-bond donors (Lipinski definition) is 0. The summed E-state index contributed by atoms with van der Waals surface area (Å²) in [5.41, 5.74) is 2.08. The molecule has 0 spiro atoms. The van der Waals surface area contributed by atoms with Crippen LogP contribution >= 0.6 is 0 Å². The molecule has 13 heavy (non-hydrogen) atoms. The highest BCUT2D eigenvalue weighted by atomic mass is 16.5. The van der Waals surface area contributed by atoms with Crippen molar-refractivity contribution in [1.82, 2.24) is 9.78 Å². The number of rotatable bonds is 1. The fourth-order valence-electron chi connectivity index (χ4n) is 1.86. The molecule has 1 aliphatic carbocycles. The molecule has 0 radical (unpaired) electrons. The summed E-state index contributed by atoms with van der Waals surface area (Å²) < 4.78 is 6.47. The van der Waals surface area contributed by atoms with Crippen LogP contribution in [-0.4, -0.2) is 22.9 Å². The zero-order valence-electron chi connectivity index (χ0n) is 7.78. The number of fused-ring (bicyclic) bond motifs is 1. The van der Waals surface area contributed by atoms with Gasteiger partial charge in [-0.05, 0) is 12.8 Å². The van der Waals surface area contributed by atoms with Crippen molar-refractivity contribution < 1.29 is 9.53 Å². The van der Waals surface area contributed by atoms with E-state index in [0.717, 1.165) is 24.1 Å². The largest absolute Gasteiger partial charge is 0.469 e. The molecule has 0 saturated heterocycles. The van der Waals surface area contributed by atoms with Crippen LogP contribution in [0.25, 0.3) is 0 Å². The summed E-state index contributed by atoms with van der Waals surface area (Å²) in [5.74, 6) is -0.236. The van der Waals surface area contributed by atoms with E-state index in [1.807, 2.05) is 13.2 Å². The van der Waals surface area contributed by atoms with Gasteiger partial charge in [0.2, 0.25) is 0 Å². The molecular formula is C9H12N2O2. The molecule has 4 heteroatoms. The van der Waals surface area contributed by atoms with Crippen molar-refractivity contribution in [3.63, 3.8) is 0 Å². The van der Waals surface area contributed by atoms with Crippen LogP contribution in [0.5, 0.6) is 0 Å². The number of nitrogens with zero attached hydrogens (tertiary/aromatic N) is 2. The summed E-state index contributed by atoms with van der Waals surface area (Å²) >= 11 is 0. The van der Waals surface area contributed by atoms with E-state index in [4.69, 9.17) is 4.74 Å². The lowest BCUT2D eigenvalue weighted by Gasteiger charge is -2.05. The fraction of sp³-hybridized carbons (Fsp3) is 0.556. The molecule has 0 N–H and O–H groups in total. The first-order chi connectivity index (χ1) is 6.22. The average molecular weight is 180 g/mol. The highest BCUT2D eigenvalue weighted by molar-refractivity contribution is 5.79. The van der Waals surface area contributed by atoms with Gasteiger partial charge in [0.1, 0.15) is 0 Å². The smallest absolute Gasteiger partial charge is 0.313 e. The second kappa shape index (κ2) is 2.87. The minimum absolute atomic E-state index is 0.0892. The third-order valence-electron chi connectivity index (χ3n) is 2.47. The third-order valence-corrected chi connectivity index (χ3v) is 2.47. The first kappa shape index (κ1) is 8.29. The molecule has 1 aliphatic rings. The molecule has 2 rings (SSSR count). The van der Waals surface area contributed by atoms with Gasteiger partial charge in [-0.2, -0.15) is 5.10 Å². The fourth-order valence-corrected chi connectivity index (χ4v) is 1.86. The number of carbonyl (C=O) groups is 1. The van der Waals surface area contributed by atoms with Gasteiger partial charge in [0.15, 0.2) is 0 Å². The van der Waals surface area contributed by atoms with Crippen LogP contribution in [0.3, 0.4) is 0 Å². The molecule has 0 bridgehead atoms. The summed E-state index contributed by atoms with van der Waals surface area (Å²) in [4.78, 5) is 11.3. The summed E-state index contributed by atoms with van der Waals surface area (Å²) in [7, 11) is 3.29. The van der Waals surface area contributed by atoms with Crippen LogP contribution in [-0.2, 0) is 23.0 Å². The maximum atomic E-state index is 11.3. The Hall–Kier alpha value is -1.32.